The summed E-state index contributed by atoms with van der Waals surface area (Å²) in [6, 6.07) is 5.80. The Morgan fingerprint density at radius 1 is 0.483 bits per heavy atom. The van der Waals surface area contributed by atoms with Gasteiger partial charge in [-0.1, -0.05) is 50.9 Å². The summed E-state index contributed by atoms with van der Waals surface area (Å²) in [7, 11) is 0. The van der Waals surface area contributed by atoms with Crippen LogP contribution in [0, 0.1) is 35.1 Å². The van der Waals surface area contributed by atoms with Gasteiger partial charge in [-0.15, -0.1) is 0 Å². The zero-order valence-electron chi connectivity index (χ0n) is 31.8. The molecule has 0 atom stereocenters. The highest BCUT2D eigenvalue weighted by Gasteiger charge is 2.12. The van der Waals surface area contributed by atoms with Crippen molar-refractivity contribution < 1.29 is 37.2 Å². The highest BCUT2D eigenvalue weighted by molar-refractivity contribution is 9.10. The quantitative estimate of drug-likeness (QED) is 0.120. The van der Waals surface area contributed by atoms with Gasteiger partial charge in [0.2, 0.25) is 0 Å². The molecule has 312 valence electrons. The van der Waals surface area contributed by atoms with Crippen LogP contribution in [-0.2, 0) is 0 Å². The number of fused-ring (bicyclic) bond motifs is 4. The van der Waals surface area contributed by atoms with E-state index in [4.69, 9.17) is 42.9 Å². The average molecular weight is 995 g/mol. The van der Waals surface area contributed by atoms with Gasteiger partial charge in [-0.25, -0.2) is 57.4 Å². The van der Waals surface area contributed by atoms with Crippen LogP contribution < -0.4 is 9.47 Å². The molecular formula is C40H32Br2Cl2F4N8O4. The molecule has 0 fully saturated rings. The molecule has 12 nitrogen and oxygen atoms in total. The van der Waals surface area contributed by atoms with Gasteiger partial charge in [0.05, 0.1) is 62.8 Å². The number of halogens is 8. The van der Waals surface area contributed by atoms with E-state index in [2.05, 4.69) is 85.6 Å². The summed E-state index contributed by atoms with van der Waals surface area (Å²) >= 11 is 17.9. The number of rotatable bonds is 6. The van der Waals surface area contributed by atoms with Gasteiger partial charge in [0.25, 0.3) is 0 Å². The van der Waals surface area contributed by atoms with E-state index >= 15 is 0 Å². The van der Waals surface area contributed by atoms with Crippen LogP contribution in [0.2, 0.25) is 10.3 Å². The Hall–Kier alpha value is -5.30. The van der Waals surface area contributed by atoms with Gasteiger partial charge >= 0.3 is 0 Å². The second-order valence-corrected chi connectivity index (χ2v) is 15.5. The molecule has 0 aromatic carbocycles. The lowest BCUT2D eigenvalue weighted by atomic mass is 10.2. The smallest absolute Gasteiger partial charge is 0.155 e. The van der Waals surface area contributed by atoms with Gasteiger partial charge in [0.15, 0.2) is 33.6 Å². The second-order valence-electron chi connectivity index (χ2n) is 13.3. The van der Waals surface area contributed by atoms with Crippen molar-refractivity contribution in [1.82, 2.24) is 39.9 Å². The maximum atomic E-state index is 13.6. The van der Waals surface area contributed by atoms with Crippen LogP contribution in [0.25, 0.3) is 43.6 Å². The lowest BCUT2D eigenvalue weighted by molar-refractivity contribution is 0.270. The average Bonchev–Trinajstić information content (AvgIpc) is 3.22. The molecule has 0 bridgehead atoms. The summed E-state index contributed by atoms with van der Waals surface area (Å²) < 4.78 is 65.3. The molecule has 0 aliphatic heterocycles. The number of aromatic nitrogens is 8. The molecule has 0 spiro atoms. The first-order chi connectivity index (χ1) is 28.5. The second kappa shape index (κ2) is 20.8. The van der Waals surface area contributed by atoms with Gasteiger partial charge < -0.3 is 19.7 Å². The number of pyridine rings is 8. The first-order valence-electron chi connectivity index (χ1n) is 17.5. The van der Waals surface area contributed by atoms with Crippen molar-refractivity contribution in [2.24, 2.45) is 11.8 Å². The normalized spacial score (nSPS) is 10.9. The first kappa shape index (κ1) is 45.8. The SMILES string of the molecule is CC(C)COc1cnc2c(Br)ncc(F)c2c1.CC(C)COc1cnc2c(Cl)ncc(F)c2c1.Oc1cnc2c(Br)ncc(F)c2c1.Oc1cnc2c(Cl)ncc(F)c2c1. The molecule has 0 unspecified atom stereocenters. The molecule has 20 heteroatoms. The standard InChI is InChI=1S/C12H12BrFN2O.C12H12ClFN2O.C8H4BrFN2O.C8H4ClFN2O/c2*1-7(2)6-17-8-3-9-10(14)5-16-12(13)11(9)15-4-8;2*9-8-7-5(6(10)3-12-8)1-4(13)2-11-7/h2*3-5,7H,6H2,1-2H3;2*1-3,13H. The van der Waals surface area contributed by atoms with Crippen molar-refractivity contribution in [3.8, 4) is 23.0 Å². The minimum Gasteiger partial charge on any atom is -0.506 e. The largest absolute Gasteiger partial charge is 0.506 e. The Labute approximate surface area is 366 Å². The van der Waals surface area contributed by atoms with Crippen molar-refractivity contribution in [1.29, 1.82) is 0 Å². The zero-order chi connectivity index (χ0) is 43.7. The van der Waals surface area contributed by atoms with E-state index in [9.17, 15) is 17.6 Å². The van der Waals surface area contributed by atoms with Crippen LogP contribution >= 0.6 is 55.1 Å². The van der Waals surface area contributed by atoms with E-state index in [0.717, 1.165) is 18.6 Å². The van der Waals surface area contributed by atoms with E-state index in [1.807, 2.05) is 13.8 Å². The van der Waals surface area contributed by atoms with Crippen LogP contribution in [0.1, 0.15) is 27.7 Å². The molecule has 60 heavy (non-hydrogen) atoms. The molecule has 8 aromatic rings. The third kappa shape index (κ3) is 11.9. The van der Waals surface area contributed by atoms with Crippen LogP contribution in [0.4, 0.5) is 17.6 Å². The summed E-state index contributed by atoms with van der Waals surface area (Å²) in [6.07, 6.45) is 9.86. The van der Waals surface area contributed by atoms with Crippen molar-refractivity contribution in [3.05, 3.63) is 117 Å². The van der Waals surface area contributed by atoms with Crippen molar-refractivity contribution >= 4 is 98.7 Å². The molecule has 2 N–H and O–H groups in total. The van der Waals surface area contributed by atoms with Gasteiger partial charge in [0, 0.05) is 21.5 Å². The minimum absolute atomic E-state index is 0.0653. The van der Waals surface area contributed by atoms with E-state index in [1.54, 1.807) is 18.3 Å². The van der Waals surface area contributed by atoms with Crippen LogP contribution in [-0.4, -0.2) is 63.3 Å². The number of hydrogen-bond acceptors (Lipinski definition) is 12. The van der Waals surface area contributed by atoms with Crippen LogP contribution in [0.3, 0.4) is 0 Å². The Morgan fingerprint density at radius 2 is 0.800 bits per heavy atom. The molecule has 0 amide bonds. The number of nitrogens with zero attached hydrogens (tertiary/aromatic N) is 8. The number of ether oxygens (including phenoxy) is 2. The van der Waals surface area contributed by atoms with Crippen molar-refractivity contribution in [3.63, 3.8) is 0 Å². The van der Waals surface area contributed by atoms with E-state index in [-0.39, 0.29) is 38.1 Å². The lowest BCUT2D eigenvalue weighted by Crippen LogP contribution is -2.04. The summed E-state index contributed by atoms with van der Waals surface area (Å²) in [5.41, 5.74) is 1.50. The Balaban J connectivity index is 0.000000153. The zero-order valence-corrected chi connectivity index (χ0v) is 36.5. The van der Waals surface area contributed by atoms with Crippen molar-refractivity contribution in [2.75, 3.05) is 13.2 Å². The van der Waals surface area contributed by atoms with Gasteiger partial charge in [-0.3, -0.25) is 0 Å². The lowest BCUT2D eigenvalue weighted by Gasteiger charge is -2.09. The number of aromatic hydroxyl groups is 2. The van der Waals surface area contributed by atoms with Gasteiger partial charge in [-0.05, 0) is 68.0 Å². The Kier molecular flexibility index (Phi) is 15.9. The molecule has 0 saturated heterocycles. The predicted octanol–water partition coefficient (Wildman–Crippen LogP) is 11.4. The van der Waals surface area contributed by atoms with E-state index in [1.165, 1.54) is 36.9 Å². The first-order valence-corrected chi connectivity index (χ1v) is 19.9. The molecule has 8 aromatic heterocycles. The minimum atomic E-state index is -0.553. The third-order valence-corrected chi connectivity index (χ3v) is 9.33. The van der Waals surface area contributed by atoms with Crippen molar-refractivity contribution in [2.45, 2.75) is 27.7 Å². The summed E-state index contributed by atoms with van der Waals surface area (Å²) in [5, 5.41) is 19.6. The summed E-state index contributed by atoms with van der Waals surface area (Å²) in [4.78, 5) is 30.7. The molecule has 0 radical (unpaired) electrons. The Bertz CT molecular complexity index is 2610. The van der Waals surface area contributed by atoms with Gasteiger partial charge in [-0.2, -0.15) is 0 Å². The molecule has 8 rings (SSSR count). The fourth-order valence-corrected chi connectivity index (χ4v) is 6.08. The monoisotopic (exact) mass is 992 g/mol. The molecule has 0 aliphatic rings. The summed E-state index contributed by atoms with van der Waals surface area (Å²) in [6.45, 7) is 9.32. The van der Waals surface area contributed by atoms with Crippen LogP contribution in [0.15, 0.2) is 83.0 Å². The maximum Gasteiger partial charge on any atom is 0.155 e. The topological polar surface area (TPSA) is 162 Å². The molecule has 8 heterocycles. The fourth-order valence-electron chi connectivity index (χ4n) is 4.84. The Morgan fingerprint density at radius 3 is 1.22 bits per heavy atom. The number of hydrogen-bond donors (Lipinski definition) is 2. The highest BCUT2D eigenvalue weighted by atomic mass is 79.9. The van der Waals surface area contributed by atoms with Gasteiger partial charge in [0.1, 0.15) is 54.3 Å². The fraction of sp³-hybridized carbons (Fsp3) is 0.200. The van der Waals surface area contributed by atoms with E-state index in [0.29, 0.717) is 73.1 Å². The predicted molar refractivity (Wildman–Crippen MR) is 227 cm³/mol. The van der Waals surface area contributed by atoms with Crippen LogP contribution in [0.5, 0.6) is 23.0 Å². The molecular weight excluding hydrogens is 963 g/mol. The molecule has 0 saturated carbocycles. The van der Waals surface area contributed by atoms with E-state index < -0.39 is 23.3 Å². The maximum absolute atomic E-state index is 13.6. The molecule has 0 aliphatic carbocycles. The third-order valence-electron chi connectivity index (χ3n) is 7.61. The highest BCUT2D eigenvalue weighted by Crippen LogP contribution is 2.28. The summed E-state index contributed by atoms with van der Waals surface area (Å²) in [5.74, 6) is -0.146.